The molecule has 0 aliphatic rings. The molecular formula is C14H17N3O2S. The van der Waals surface area contributed by atoms with Gasteiger partial charge in [-0.05, 0) is 42.9 Å². The van der Waals surface area contributed by atoms with Gasteiger partial charge < -0.3 is 19.8 Å². The summed E-state index contributed by atoms with van der Waals surface area (Å²) in [5.41, 5.74) is 0. The molecule has 0 atom stereocenters. The van der Waals surface area contributed by atoms with Crippen molar-refractivity contribution in [3.8, 4) is 5.75 Å². The van der Waals surface area contributed by atoms with E-state index < -0.39 is 0 Å². The number of ether oxygens (including phenoxy) is 1. The smallest absolute Gasteiger partial charge is 0.174 e. The molecule has 2 heterocycles. The monoisotopic (exact) mass is 291 g/mol. The average molecular weight is 291 g/mol. The van der Waals surface area contributed by atoms with Gasteiger partial charge >= 0.3 is 0 Å². The third-order valence-corrected chi connectivity index (χ3v) is 2.93. The number of furan rings is 1. The van der Waals surface area contributed by atoms with Gasteiger partial charge in [0.15, 0.2) is 16.7 Å². The van der Waals surface area contributed by atoms with Crippen LogP contribution in [0.25, 0.3) is 0 Å². The van der Waals surface area contributed by atoms with Crippen LogP contribution < -0.4 is 15.4 Å². The highest BCUT2D eigenvalue weighted by Crippen LogP contribution is 2.19. The molecule has 0 bridgehead atoms. The van der Waals surface area contributed by atoms with E-state index in [1.807, 2.05) is 24.3 Å². The molecule has 6 heteroatoms. The molecular weight excluding hydrogens is 274 g/mol. The van der Waals surface area contributed by atoms with Gasteiger partial charge in [0.2, 0.25) is 0 Å². The van der Waals surface area contributed by atoms with Gasteiger partial charge in [-0.25, -0.2) is 4.98 Å². The summed E-state index contributed by atoms with van der Waals surface area (Å²) in [6, 6.07) is 7.50. The van der Waals surface area contributed by atoms with Gasteiger partial charge in [0, 0.05) is 19.2 Å². The predicted octanol–water partition coefficient (Wildman–Crippen LogP) is 2.60. The zero-order valence-electron chi connectivity index (χ0n) is 11.3. The average Bonchev–Trinajstić information content (AvgIpc) is 2.97. The Hall–Kier alpha value is -2.08. The van der Waals surface area contributed by atoms with Crippen molar-refractivity contribution in [2.24, 2.45) is 0 Å². The summed E-state index contributed by atoms with van der Waals surface area (Å²) in [6.45, 7) is 0.766. The summed E-state index contributed by atoms with van der Waals surface area (Å²) >= 11 is 5.22. The molecule has 106 valence electrons. The van der Waals surface area contributed by atoms with Crippen LogP contribution in [-0.2, 0) is 6.42 Å². The fourth-order valence-electron chi connectivity index (χ4n) is 1.72. The number of nitrogens with zero attached hydrogens (tertiary/aromatic N) is 1. The third-order valence-electron chi connectivity index (χ3n) is 2.69. The Balaban J connectivity index is 1.72. The first-order chi connectivity index (χ1) is 9.79. The molecule has 0 fully saturated rings. The Morgan fingerprint density at radius 3 is 3.05 bits per heavy atom. The van der Waals surface area contributed by atoms with Crippen LogP contribution in [0.4, 0.5) is 5.82 Å². The maximum atomic E-state index is 5.26. The summed E-state index contributed by atoms with van der Waals surface area (Å²) in [6.07, 6.45) is 5.19. The van der Waals surface area contributed by atoms with Crippen LogP contribution in [0.15, 0.2) is 41.1 Å². The number of aromatic nitrogens is 1. The highest BCUT2D eigenvalue weighted by molar-refractivity contribution is 7.80. The summed E-state index contributed by atoms with van der Waals surface area (Å²) in [7, 11) is 1.60. The standard InChI is InChI=1S/C14H17N3O2S/c1-18-12-7-3-8-15-13(12)17-14(20)16-9-2-5-11-6-4-10-19-11/h3-4,6-8,10H,2,5,9H2,1H3,(H2,15,16,17,20). The molecule has 0 amide bonds. The molecule has 2 rings (SSSR count). The van der Waals surface area contributed by atoms with E-state index in [4.69, 9.17) is 21.4 Å². The van der Waals surface area contributed by atoms with Gasteiger partial charge in [0.1, 0.15) is 5.76 Å². The van der Waals surface area contributed by atoms with Crippen molar-refractivity contribution in [2.45, 2.75) is 12.8 Å². The highest BCUT2D eigenvalue weighted by atomic mass is 32.1. The summed E-state index contributed by atoms with van der Waals surface area (Å²) in [4.78, 5) is 4.18. The minimum atomic E-state index is 0.529. The van der Waals surface area contributed by atoms with Crippen LogP contribution in [0.3, 0.4) is 0 Å². The fraction of sp³-hybridized carbons (Fsp3) is 0.286. The normalized spacial score (nSPS) is 10.1. The summed E-state index contributed by atoms with van der Waals surface area (Å²) in [5.74, 6) is 2.25. The van der Waals surface area contributed by atoms with Crippen molar-refractivity contribution in [3.05, 3.63) is 42.5 Å². The Morgan fingerprint density at radius 1 is 1.40 bits per heavy atom. The quantitative estimate of drug-likeness (QED) is 0.630. The molecule has 5 nitrogen and oxygen atoms in total. The number of hydrogen-bond acceptors (Lipinski definition) is 4. The second kappa shape index (κ2) is 7.49. The van der Waals surface area contributed by atoms with Crippen molar-refractivity contribution in [3.63, 3.8) is 0 Å². The number of thiocarbonyl (C=S) groups is 1. The van der Waals surface area contributed by atoms with Crippen molar-refractivity contribution in [1.82, 2.24) is 10.3 Å². The summed E-state index contributed by atoms with van der Waals surface area (Å²) in [5, 5.41) is 6.67. The van der Waals surface area contributed by atoms with E-state index in [-0.39, 0.29) is 0 Å². The second-order valence-electron chi connectivity index (χ2n) is 4.12. The number of hydrogen-bond donors (Lipinski definition) is 2. The van der Waals surface area contributed by atoms with E-state index >= 15 is 0 Å². The van der Waals surface area contributed by atoms with Gasteiger partial charge in [0.05, 0.1) is 13.4 Å². The van der Waals surface area contributed by atoms with E-state index in [1.54, 1.807) is 19.6 Å². The lowest BCUT2D eigenvalue weighted by Gasteiger charge is -2.11. The maximum Gasteiger partial charge on any atom is 0.174 e. The van der Waals surface area contributed by atoms with Crippen LogP contribution in [0.1, 0.15) is 12.2 Å². The van der Waals surface area contributed by atoms with Gasteiger partial charge in [0.25, 0.3) is 0 Å². The molecule has 2 aromatic rings. The minimum absolute atomic E-state index is 0.529. The number of nitrogens with one attached hydrogen (secondary N) is 2. The highest BCUT2D eigenvalue weighted by Gasteiger charge is 2.04. The van der Waals surface area contributed by atoms with Gasteiger partial charge in [-0.3, -0.25) is 0 Å². The van der Waals surface area contributed by atoms with E-state index in [0.29, 0.717) is 16.7 Å². The molecule has 0 saturated carbocycles. The van der Waals surface area contributed by atoms with Gasteiger partial charge in [-0.2, -0.15) is 0 Å². The van der Waals surface area contributed by atoms with Crippen molar-refractivity contribution in [1.29, 1.82) is 0 Å². The molecule has 20 heavy (non-hydrogen) atoms. The number of methoxy groups -OCH3 is 1. The Bertz CT molecular complexity index is 543. The topological polar surface area (TPSA) is 59.3 Å². The Morgan fingerprint density at radius 2 is 2.30 bits per heavy atom. The zero-order valence-corrected chi connectivity index (χ0v) is 12.1. The minimum Gasteiger partial charge on any atom is -0.493 e. The first kappa shape index (κ1) is 14.3. The maximum absolute atomic E-state index is 5.26. The van der Waals surface area contributed by atoms with Crippen LogP contribution >= 0.6 is 12.2 Å². The molecule has 0 aromatic carbocycles. The third kappa shape index (κ3) is 4.24. The lowest BCUT2D eigenvalue weighted by atomic mass is 10.2. The van der Waals surface area contributed by atoms with Crippen molar-refractivity contribution < 1.29 is 9.15 Å². The Labute approximate surface area is 123 Å². The lowest BCUT2D eigenvalue weighted by Crippen LogP contribution is -2.30. The molecule has 0 radical (unpaired) electrons. The number of anilines is 1. The molecule has 2 N–H and O–H groups in total. The lowest BCUT2D eigenvalue weighted by molar-refractivity contribution is 0.415. The molecule has 0 aliphatic heterocycles. The largest absolute Gasteiger partial charge is 0.493 e. The first-order valence-corrected chi connectivity index (χ1v) is 6.76. The Kier molecular flexibility index (Phi) is 5.37. The number of rotatable bonds is 6. The zero-order chi connectivity index (χ0) is 14.2. The van der Waals surface area contributed by atoms with Crippen LogP contribution in [-0.4, -0.2) is 23.8 Å². The summed E-state index contributed by atoms with van der Waals surface area (Å²) < 4.78 is 10.5. The SMILES string of the molecule is COc1cccnc1NC(=S)NCCCc1ccco1. The van der Waals surface area contributed by atoms with Crippen LogP contribution in [0.5, 0.6) is 5.75 Å². The van der Waals surface area contributed by atoms with Gasteiger partial charge in [-0.1, -0.05) is 0 Å². The van der Waals surface area contributed by atoms with Crippen LogP contribution in [0, 0.1) is 0 Å². The second-order valence-corrected chi connectivity index (χ2v) is 4.53. The number of pyridine rings is 1. The molecule has 0 spiro atoms. The molecule has 2 aromatic heterocycles. The predicted molar refractivity (Wildman–Crippen MR) is 82.0 cm³/mol. The molecule has 0 unspecified atom stereocenters. The van der Waals surface area contributed by atoms with Crippen molar-refractivity contribution >= 4 is 23.1 Å². The number of aryl methyl sites for hydroxylation is 1. The van der Waals surface area contributed by atoms with E-state index in [0.717, 1.165) is 25.1 Å². The first-order valence-electron chi connectivity index (χ1n) is 6.36. The van der Waals surface area contributed by atoms with E-state index in [9.17, 15) is 0 Å². The van der Waals surface area contributed by atoms with Gasteiger partial charge in [-0.15, -0.1) is 0 Å². The fourth-order valence-corrected chi connectivity index (χ4v) is 1.92. The van der Waals surface area contributed by atoms with Crippen molar-refractivity contribution in [2.75, 3.05) is 19.0 Å². The van der Waals surface area contributed by atoms with E-state index in [1.165, 1.54) is 0 Å². The molecule has 0 saturated heterocycles. The van der Waals surface area contributed by atoms with Crippen LogP contribution in [0.2, 0.25) is 0 Å². The van der Waals surface area contributed by atoms with E-state index in [2.05, 4.69) is 15.6 Å². The molecule has 0 aliphatic carbocycles.